The number of nitrogens with one attached hydrogen (secondary N) is 1. The Balaban J connectivity index is 1.35. The largest absolute Gasteiger partial charge is 0.493 e. The van der Waals surface area contributed by atoms with Gasteiger partial charge in [-0.05, 0) is 108 Å². The maximum Gasteiger partial charge on any atom is 0.285 e. The SMILES string of the molecule is COc1cc(/C=C2/SC(=S)N(NC(=O)C34CC5CC(CC(C5)C3)C4)C2=O)cc(Br)c1OC. The van der Waals surface area contributed by atoms with Crippen molar-refractivity contribution in [3.8, 4) is 11.5 Å². The van der Waals surface area contributed by atoms with Crippen molar-refractivity contribution in [1.29, 1.82) is 0 Å². The maximum absolute atomic E-state index is 13.4. The van der Waals surface area contributed by atoms with Gasteiger partial charge in [-0.3, -0.25) is 15.0 Å². The van der Waals surface area contributed by atoms with Gasteiger partial charge in [0.2, 0.25) is 5.91 Å². The zero-order valence-electron chi connectivity index (χ0n) is 18.0. The monoisotopic (exact) mass is 536 g/mol. The van der Waals surface area contributed by atoms with Gasteiger partial charge in [0.15, 0.2) is 15.8 Å². The van der Waals surface area contributed by atoms with Gasteiger partial charge in [-0.2, -0.15) is 5.01 Å². The fraction of sp³-hybridized carbons (Fsp3) is 0.522. The zero-order chi connectivity index (χ0) is 22.6. The second kappa shape index (κ2) is 8.33. The van der Waals surface area contributed by atoms with Crippen LogP contribution in [0.1, 0.15) is 44.1 Å². The molecule has 9 heteroatoms. The lowest BCUT2D eigenvalue weighted by atomic mass is 9.49. The van der Waals surface area contributed by atoms with Crippen molar-refractivity contribution < 1.29 is 19.1 Å². The minimum absolute atomic E-state index is 0.0389. The Kier molecular flexibility index (Phi) is 5.78. The molecular formula is C23H25BrN2O4S2. The van der Waals surface area contributed by atoms with Crippen LogP contribution in [0.15, 0.2) is 21.5 Å². The number of carbonyl (C=O) groups is 2. The number of thioether (sulfide) groups is 1. The van der Waals surface area contributed by atoms with Crippen molar-refractivity contribution in [2.24, 2.45) is 23.2 Å². The minimum atomic E-state index is -0.337. The van der Waals surface area contributed by atoms with Crippen molar-refractivity contribution in [2.75, 3.05) is 14.2 Å². The van der Waals surface area contributed by atoms with E-state index in [0.29, 0.717) is 38.5 Å². The van der Waals surface area contributed by atoms with Gasteiger partial charge in [0.25, 0.3) is 5.91 Å². The van der Waals surface area contributed by atoms with Crippen LogP contribution >= 0.6 is 39.9 Å². The Morgan fingerprint density at radius 1 is 1.19 bits per heavy atom. The molecule has 2 amide bonds. The summed E-state index contributed by atoms with van der Waals surface area (Å²) in [5.41, 5.74) is 3.32. The number of hydrogen-bond acceptors (Lipinski definition) is 6. The number of rotatable bonds is 5. The second-order valence-corrected chi connectivity index (χ2v) is 11.9. The third-order valence-electron chi connectivity index (χ3n) is 7.28. The van der Waals surface area contributed by atoms with E-state index in [1.165, 1.54) is 36.0 Å². The summed E-state index contributed by atoms with van der Waals surface area (Å²) < 4.78 is 11.8. The van der Waals surface area contributed by atoms with Crippen LogP contribution in [-0.2, 0) is 9.59 Å². The first kappa shape index (κ1) is 22.2. The molecule has 5 fully saturated rings. The number of nitrogens with zero attached hydrogens (tertiary/aromatic N) is 1. The Morgan fingerprint density at radius 3 is 2.38 bits per heavy atom. The Bertz CT molecular complexity index is 1010. The summed E-state index contributed by atoms with van der Waals surface area (Å²) in [7, 11) is 3.13. The lowest BCUT2D eigenvalue weighted by Crippen LogP contribution is -2.57. The lowest BCUT2D eigenvalue weighted by Gasteiger charge is -2.55. The van der Waals surface area contributed by atoms with E-state index in [9.17, 15) is 9.59 Å². The molecule has 0 unspecified atom stereocenters. The fourth-order valence-corrected chi connectivity index (χ4v) is 8.15. The van der Waals surface area contributed by atoms with Crippen LogP contribution < -0.4 is 14.9 Å². The highest BCUT2D eigenvalue weighted by molar-refractivity contribution is 9.10. The highest BCUT2D eigenvalue weighted by Crippen LogP contribution is 2.60. The van der Waals surface area contributed by atoms with Gasteiger partial charge in [-0.25, -0.2) is 0 Å². The molecule has 32 heavy (non-hydrogen) atoms. The molecule has 0 spiro atoms. The van der Waals surface area contributed by atoms with Crippen LogP contribution in [0.3, 0.4) is 0 Å². The van der Waals surface area contributed by atoms with Crippen LogP contribution in [0.4, 0.5) is 0 Å². The standard InChI is InChI=1S/C23H25BrN2O4S2/c1-29-17-7-12(6-16(24)19(17)30-2)8-18-20(27)26(22(31)32-18)25-21(28)23-9-13-3-14(10-23)5-15(4-13)11-23/h6-8,13-15H,3-5,9-11H2,1-2H3,(H,25,28)/b18-8+. The number of thiocarbonyl (C=S) groups is 1. The number of amides is 2. The predicted molar refractivity (Wildman–Crippen MR) is 131 cm³/mol. The predicted octanol–water partition coefficient (Wildman–Crippen LogP) is 4.92. The average molecular weight is 538 g/mol. The molecule has 1 saturated heterocycles. The summed E-state index contributed by atoms with van der Waals surface area (Å²) in [6.45, 7) is 0. The second-order valence-electron chi connectivity index (χ2n) is 9.39. The molecule has 4 saturated carbocycles. The molecule has 1 aliphatic heterocycles. The quantitative estimate of drug-likeness (QED) is 0.425. The van der Waals surface area contributed by atoms with Crippen molar-refractivity contribution in [1.82, 2.24) is 10.4 Å². The molecule has 5 aliphatic rings. The van der Waals surface area contributed by atoms with Crippen LogP contribution in [0.2, 0.25) is 0 Å². The summed E-state index contributed by atoms with van der Waals surface area (Å²) in [5.74, 6) is 2.76. The molecule has 1 N–H and O–H groups in total. The molecular weight excluding hydrogens is 512 g/mol. The van der Waals surface area contributed by atoms with E-state index in [1.807, 2.05) is 6.07 Å². The molecule has 1 heterocycles. The number of hydrogen-bond donors (Lipinski definition) is 1. The van der Waals surface area contributed by atoms with Gasteiger partial charge in [-0.15, -0.1) is 0 Å². The normalized spacial score (nSPS) is 32.0. The molecule has 4 aliphatic carbocycles. The van der Waals surface area contributed by atoms with Crippen LogP contribution in [0, 0.1) is 23.2 Å². The Hall–Kier alpha value is -1.58. The number of carbonyl (C=O) groups excluding carboxylic acids is 2. The third kappa shape index (κ3) is 3.76. The summed E-state index contributed by atoms with van der Waals surface area (Å²) >= 11 is 10.1. The topological polar surface area (TPSA) is 67.9 Å². The Morgan fingerprint density at radius 2 is 1.81 bits per heavy atom. The number of methoxy groups -OCH3 is 2. The van der Waals surface area contributed by atoms with E-state index < -0.39 is 0 Å². The molecule has 6 rings (SSSR count). The first-order valence-corrected chi connectivity index (χ1v) is 12.8. The van der Waals surface area contributed by atoms with Gasteiger partial charge in [0, 0.05) is 0 Å². The molecule has 0 radical (unpaired) electrons. The highest BCUT2D eigenvalue weighted by atomic mass is 79.9. The van der Waals surface area contributed by atoms with E-state index in [-0.39, 0.29) is 17.2 Å². The highest BCUT2D eigenvalue weighted by Gasteiger charge is 2.55. The Labute approximate surface area is 205 Å². The number of halogens is 1. The van der Waals surface area contributed by atoms with Crippen molar-refractivity contribution >= 4 is 62.1 Å². The minimum Gasteiger partial charge on any atom is -0.493 e. The van der Waals surface area contributed by atoms with Gasteiger partial charge >= 0.3 is 0 Å². The fourth-order valence-electron chi connectivity index (χ4n) is 6.35. The van der Waals surface area contributed by atoms with Gasteiger partial charge in [0.05, 0.1) is 29.0 Å². The first-order valence-electron chi connectivity index (χ1n) is 10.8. The van der Waals surface area contributed by atoms with Crippen molar-refractivity contribution in [2.45, 2.75) is 38.5 Å². The van der Waals surface area contributed by atoms with Gasteiger partial charge < -0.3 is 9.47 Å². The number of ether oxygens (including phenoxy) is 2. The van der Waals surface area contributed by atoms with Crippen LogP contribution in [0.5, 0.6) is 11.5 Å². The molecule has 170 valence electrons. The summed E-state index contributed by atoms with van der Waals surface area (Å²) in [6.07, 6.45) is 8.36. The van der Waals surface area contributed by atoms with E-state index in [2.05, 4.69) is 21.4 Å². The molecule has 0 aromatic heterocycles. The summed E-state index contributed by atoms with van der Waals surface area (Å²) in [5, 5.41) is 1.25. The van der Waals surface area contributed by atoms with Crippen molar-refractivity contribution in [3.63, 3.8) is 0 Å². The van der Waals surface area contributed by atoms with Gasteiger partial charge in [0.1, 0.15) is 0 Å². The zero-order valence-corrected chi connectivity index (χ0v) is 21.2. The van der Waals surface area contributed by atoms with E-state index in [0.717, 1.165) is 29.3 Å². The molecule has 0 atom stereocenters. The van der Waals surface area contributed by atoms with E-state index in [1.54, 1.807) is 26.4 Å². The van der Waals surface area contributed by atoms with E-state index >= 15 is 0 Å². The summed E-state index contributed by atoms with van der Waals surface area (Å²) in [4.78, 5) is 26.9. The van der Waals surface area contributed by atoms with Crippen LogP contribution in [0.25, 0.3) is 6.08 Å². The molecule has 1 aromatic carbocycles. The lowest BCUT2D eigenvalue weighted by molar-refractivity contribution is -0.152. The smallest absolute Gasteiger partial charge is 0.285 e. The number of hydrazine groups is 1. The molecule has 4 bridgehead atoms. The van der Waals surface area contributed by atoms with Crippen LogP contribution in [-0.4, -0.2) is 35.4 Å². The van der Waals surface area contributed by atoms with Gasteiger partial charge in [-0.1, -0.05) is 11.8 Å². The van der Waals surface area contributed by atoms with E-state index in [4.69, 9.17) is 21.7 Å². The molecule has 6 nitrogen and oxygen atoms in total. The number of benzene rings is 1. The first-order chi connectivity index (χ1) is 15.3. The maximum atomic E-state index is 13.4. The summed E-state index contributed by atoms with van der Waals surface area (Å²) in [6, 6.07) is 3.64. The average Bonchev–Trinajstić information content (AvgIpc) is 2.99. The third-order valence-corrected chi connectivity index (χ3v) is 9.17. The molecule has 1 aromatic rings. The van der Waals surface area contributed by atoms with Crippen molar-refractivity contribution in [3.05, 3.63) is 27.1 Å².